The van der Waals surface area contributed by atoms with Crippen molar-refractivity contribution >= 4 is 27.1 Å². The second-order valence-electron chi connectivity index (χ2n) is 5.17. The zero-order valence-electron chi connectivity index (χ0n) is 12.0. The molecular weight excluding hydrogens is 318 g/mol. The molecule has 1 aliphatic rings. The van der Waals surface area contributed by atoms with Gasteiger partial charge in [-0.2, -0.15) is 0 Å². The van der Waals surface area contributed by atoms with Crippen molar-refractivity contribution in [2.24, 2.45) is 0 Å². The maximum Gasteiger partial charge on any atom is 0.264 e. The fourth-order valence-corrected chi connectivity index (χ4v) is 4.76. The van der Waals surface area contributed by atoms with Crippen LogP contribution in [0.3, 0.4) is 0 Å². The van der Waals surface area contributed by atoms with E-state index < -0.39 is 16.1 Å². The summed E-state index contributed by atoms with van der Waals surface area (Å²) in [5.74, 6) is -0.0613. The topological polar surface area (TPSA) is 54.5 Å². The van der Waals surface area contributed by atoms with Crippen molar-refractivity contribution in [2.75, 3.05) is 0 Å². The van der Waals surface area contributed by atoms with Gasteiger partial charge in [0.25, 0.3) is 10.0 Å². The molecule has 1 unspecified atom stereocenters. The number of aryl methyl sites for hydroxylation is 1. The number of benzene rings is 1. The van der Waals surface area contributed by atoms with Gasteiger partial charge < -0.3 is 0 Å². The second-order valence-corrected chi connectivity index (χ2v) is 7.99. The van der Waals surface area contributed by atoms with E-state index in [1.807, 2.05) is 24.4 Å². The van der Waals surface area contributed by atoms with E-state index in [-0.39, 0.29) is 17.1 Å². The molecule has 0 N–H and O–H groups in total. The van der Waals surface area contributed by atoms with Gasteiger partial charge in [-0.05, 0) is 36.6 Å². The van der Waals surface area contributed by atoms with E-state index in [2.05, 4.69) is 0 Å². The third kappa shape index (κ3) is 2.71. The normalized spacial score (nSPS) is 18.7. The number of hydrogen-bond acceptors (Lipinski definition) is 4. The lowest BCUT2D eigenvalue weighted by molar-refractivity contribution is -0.115. The summed E-state index contributed by atoms with van der Waals surface area (Å²) in [6, 6.07) is 9.99. The molecule has 3 rings (SSSR count). The third-order valence-electron chi connectivity index (χ3n) is 3.58. The van der Waals surface area contributed by atoms with Gasteiger partial charge in [-0.1, -0.05) is 23.8 Å². The first-order valence-electron chi connectivity index (χ1n) is 6.83. The predicted molar refractivity (Wildman–Crippen MR) is 86.0 cm³/mol. The summed E-state index contributed by atoms with van der Waals surface area (Å²) in [6.07, 6.45) is 2.88. The molecule has 0 bridgehead atoms. The van der Waals surface area contributed by atoms with E-state index in [4.69, 9.17) is 0 Å². The standard InChI is InChI=1S/C16H15NO3S2/c1-12-4-6-14(7-5-12)22(19,20)17-9-8-13(18)11-15(17)16-3-2-10-21-16/h2-10,15H,11H2,1H3. The maximum atomic E-state index is 12.9. The number of nitrogens with zero attached hydrogens (tertiary/aromatic N) is 1. The lowest BCUT2D eigenvalue weighted by atomic mass is 10.1. The van der Waals surface area contributed by atoms with E-state index >= 15 is 0 Å². The molecular formula is C16H15NO3S2. The van der Waals surface area contributed by atoms with Crippen LogP contribution in [0, 0.1) is 6.92 Å². The zero-order chi connectivity index (χ0) is 15.7. The van der Waals surface area contributed by atoms with Crippen LogP contribution < -0.4 is 0 Å². The fraction of sp³-hybridized carbons (Fsp3) is 0.188. The number of sulfonamides is 1. The minimum Gasteiger partial charge on any atom is -0.295 e. The molecule has 0 radical (unpaired) electrons. The molecule has 0 saturated heterocycles. The molecule has 1 aromatic carbocycles. The van der Waals surface area contributed by atoms with Crippen molar-refractivity contribution in [3.05, 3.63) is 64.5 Å². The smallest absolute Gasteiger partial charge is 0.264 e. The highest BCUT2D eigenvalue weighted by atomic mass is 32.2. The molecule has 2 aromatic rings. The summed E-state index contributed by atoms with van der Waals surface area (Å²) in [5.41, 5.74) is 0.998. The Hall–Kier alpha value is -1.92. The lowest BCUT2D eigenvalue weighted by Crippen LogP contribution is -2.34. The molecule has 114 valence electrons. The van der Waals surface area contributed by atoms with Crippen LogP contribution in [0.25, 0.3) is 0 Å². The monoisotopic (exact) mass is 333 g/mol. The van der Waals surface area contributed by atoms with Crippen LogP contribution in [-0.4, -0.2) is 18.5 Å². The Bertz CT molecular complexity index is 806. The van der Waals surface area contributed by atoms with Gasteiger partial charge in [-0.25, -0.2) is 8.42 Å². The van der Waals surface area contributed by atoms with Crippen molar-refractivity contribution in [2.45, 2.75) is 24.3 Å². The van der Waals surface area contributed by atoms with Crippen molar-refractivity contribution in [3.8, 4) is 0 Å². The molecule has 0 spiro atoms. The van der Waals surface area contributed by atoms with Crippen LogP contribution in [0.4, 0.5) is 0 Å². The van der Waals surface area contributed by atoms with Crippen LogP contribution in [0.1, 0.15) is 22.9 Å². The summed E-state index contributed by atoms with van der Waals surface area (Å²) < 4.78 is 27.1. The first kappa shape index (κ1) is 15.0. The highest BCUT2D eigenvalue weighted by Crippen LogP contribution is 2.35. The molecule has 4 nitrogen and oxygen atoms in total. The number of rotatable bonds is 3. The van der Waals surface area contributed by atoms with Gasteiger partial charge in [-0.15, -0.1) is 11.3 Å². The van der Waals surface area contributed by atoms with Crippen LogP contribution in [0.2, 0.25) is 0 Å². The van der Waals surface area contributed by atoms with Gasteiger partial charge in [0.1, 0.15) is 0 Å². The highest BCUT2D eigenvalue weighted by Gasteiger charge is 2.34. The summed E-state index contributed by atoms with van der Waals surface area (Å²) in [4.78, 5) is 12.8. The van der Waals surface area contributed by atoms with E-state index in [1.54, 1.807) is 24.3 Å². The van der Waals surface area contributed by atoms with E-state index in [1.165, 1.54) is 27.9 Å². The minimum atomic E-state index is -3.68. The average molecular weight is 333 g/mol. The van der Waals surface area contributed by atoms with Crippen LogP contribution in [-0.2, 0) is 14.8 Å². The van der Waals surface area contributed by atoms with E-state index in [0.717, 1.165) is 10.4 Å². The third-order valence-corrected chi connectivity index (χ3v) is 6.35. The SMILES string of the molecule is Cc1ccc(S(=O)(=O)N2C=CC(=O)CC2c2cccs2)cc1. The summed E-state index contributed by atoms with van der Waals surface area (Å²) in [6.45, 7) is 1.91. The minimum absolute atomic E-state index is 0.0613. The van der Waals surface area contributed by atoms with Gasteiger partial charge in [0, 0.05) is 17.5 Å². The molecule has 1 aromatic heterocycles. The van der Waals surface area contributed by atoms with Crippen LogP contribution in [0.5, 0.6) is 0 Å². The van der Waals surface area contributed by atoms with Crippen molar-refractivity contribution in [3.63, 3.8) is 0 Å². The van der Waals surface area contributed by atoms with Gasteiger partial charge >= 0.3 is 0 Å². The number of carbonyl (C=O) groups is 1. The Labute approximate surface area is 133 Å². The maximum absolute atomic E-state index is 12.9. The molecule has 0 aliphatic carbocycles. The molecule has 0 fully saturated rings. The average Bonchev–Trinajstić information content (AvgIpc) is 3.01. The molecule has 2 heterocycles. The zero-order valence-corrected chi connectivity index (χ0v) is 13.6. The first-order valence-corrected chi connectivity index (χ1v) is 9.15. The molecule has 1 aliphatic heterocycles. The Balaban J connectivity index is 2.05. The highest BCUT2D eigenvalue weighted by molar-refractivity contribution is 7.89. The molecule has 0 amide bonds. The number of hydrogen-bond donors (Lipinski definition) is 0. The molecule has 22 heavy (non-hydrogen) atoms. The number of allylic oxidation sites excluding steroid dienone is 1. The lowest BCUT2D eigenvalue weighted by Gasteiger charge is -2.31. The summed E-state index contributed by atoms with van der Waals surface area (Å²) in [7, 11) is -3.68. The molecule has 1 atom stereocenters. The van der Waals surface area contributed by atoms with Gasteiger partial charge in [0.15, 0.2) is 5.78 Å². The van der Waals surface area contributed by atoms with Crippen molar-refractivity contribution in [1.82, 2.24) is 4.31 Å². The van der Waals surface area contributed by atoms with Crippen molar-refractivity contribution in [1.29, 1.82) is 0 Å². The van der Waals surface area contributed by atoms with Gasteiger partial charge in [-0.3, -0.25) is 9.10 Å². The largest absolute Gasteiger partial charge is 0.295 e. The summed E-state index contributed by atoms with van der Waals surface area (Å²) in [5, 5.41) is 1.88. The Morgan fingerprint density at radius 1 is 1.18 bits per heavy atom. The van der Waals surface area contributed by atoms with Crippen molar-refractivity contribution < 1.29 is 13.2 Å². The quantitative estimate of drug-likeness (QED) is 0.866. The number of carbonyl (C=O) groups excluding carboxylic acids is 1. The Kier molecular flexibility index (Phi) is 3.88. The Morgan fingerprint density at radius 2 is 1.91 bits per heavy atom. The second kappa shape index (κ2) is 5.70. The first-order chi connectivity index (χ1) is 10.5. The van der Waals surface area contributed by atoms with Gasteiger partial charge in [0.2, 0.25) is 0 Å². The van der Waals surface area contributed by atoms with Crippen LogP contribution in [0.15, 0.2) is 58.9 Å². The molecule has 6 heteroatoms. The number of ketones is 1. The number of thiophene rings is 1. The van der Waals surface area contributed by atoms with E-state index in [9.17, 15) is 13.2 Å². The summed E-state index contributed by atoms with van der Waals surface area (Å²) >= 11 is 1.46. The van der Waals surface area contributed by atoms with Crippen LogP contribution >= 0.6 is 11.3 Å². The fourth-order valence-electron chi connectivity index (χ4n) is 2.40. The predicted octanol–water partition coefficient (Wildman–Crippen LogP) is 3.28. The molecule has 0 saturated carbocycles. The van der Waals surface area contributed by atoms with E-state index in [0.29, 0.717) is 0 Å². The van der Waals surface area contributed by atoms with Gasteiger partial charge in [0.05, 0.1) is 10.9 Å². The Morgan fingerprint density at radius 3 is 2.55 bits per heavy atom.